The maximum atomic E-state index is 13.0. The summed E-state index contributed by atoms with van der Waals surface area (Å²) in [6, 6.07) is 9.40. The largest absolute Gasteiger partial charge is 0.333 e. The Hall–Kier alpha value is -2.92. The molecule has 2 bridgehead atoms. The van der Waals surface area contributed by atoms with Crippen LogP contribution in [0.3, 0.4) is 0 Å². The zero-order valence-electron chi connectivity index (χ0n) is 17.2. The Morgan fingerprint density at radius 3 is 3.00 bits per heavy atom. The molecule has 0 unspecified atom stereocenters. The molecule has 1 N–H and O–H groups in total. The summed E-state index contributed by atoms with van der Waals surface area (Å²) in [7, 11) is 0. The summed E-state index contributed by atoms with van der Waals surface area (Å²) in [4.78, 5) is 42.2. The van der Waals surface area contributed by atoms with Crippen LogP contribution in [0.15, 0.2) is 24.3 Å². The fourth-order valence-corrected chi connectivity index (χ4v) is 5.04. The van der Waals surface area contributed by atoms with Crippen LogP contribution in [0.2, 0.25) is 0 Å². The van der Waals surface area contributed by atoms with Crippen LogP contribution in [0.5, 0.6) is 0 Å². The predicted molar refractivity (Wildman–Crippen MR) is 110 cm³/mol. The van der Waals surface area contributed by atoms with Crippen LogP contribution in [0.1, 0.15) is 31.7 Å². The number of carbonyl (C=O) groups excluding carboxylic acids is 3. The van der Waals surface area contributed by atoms with Gasteiger partial charge < -0.3 is 15.1 Å². The molecule has 8 nitrogen and oxygen atoms in total. The number of likely N-dealkylation sites (tertiary alicyclic amines) is 3. The van der Waals surface area contributed by atoms with Gasteiger partial charge in [-0.3, -0.25) is 19.3 Å². The van der Waals surface area contributed by atoms with Gasteiger partial charge in [-0.25, -0.2) is 0 Å². The van der Waals surface area contributed by atoms with Crippen LogP contribution in [-0.2, 0) is 20.9 Å². The topological polar surface area (TPSA) is 96.8 Å². The molecular formula is C22H27N5O3. The molecule has 4 rings (SSSR count). The highest BCUT2D eigenvalue weighted by Gasteiger charge is 2.49. The maximum Gasteiger partial charge on any atom is 0.240 e. The molecule has 0 aromatic heterocycles. The third-order valence-corrected chi connectivity index (χ3v) is 6.51. The Bertz CT molecular complexity index is 882. The van der Waals surface area contributed by atoms with Gasteiger partial charge in [0.2, 0.25) is 18.2 Å². The first-order chi connectivity index (χ1) is 14.5. The Morgan fingerprint density at radius 1 is 1.43 bits per heavy atom. The molecule has 1 aromatic carbocycles. The van der Waals surface area contributed by atoms with E-state index in [1.807, 2.05) is 36.1 Å². The van der Waals surface area contributed by atoms with E-state index in [0.29, 0.717) is 31.7 Å². The van der Waals surface area contributed by atoms with Crippen LogP contribution in [0.25, 0.3) is 0 Å². The van der Waals surface area contributed by atoms with Gasteiger partial charge in [0.05, 0.1) is 12.1 Å². The first-order valence-electron chi connectivity index (χ1n) is 10.6. The maximum absolute atomic E-state index is 13.0. The highest BCUT2D eigenvalue weighted by molar-refractivity contribution is 5.86. The van der Waals surface area contributed by atoms with E-state index >= 15 is 0 Å². The monoisotopic (exact) mass is 409 g/mol. The van der Waals surface area contributed by atoms with E-state index < -0.39 is 0 Å². The van der Waals surface area contributed by atoms with Crippen molar-refractivity contribution in [2.24, 2.45) is 5.92 Å². The summed E-state index contributed by atoms with van der Waals surface area (Å²) in [5, 5.41) is 11.9. The van der Waals surface area contributed by atoms with Gasteiger partial charge in [0.15, 0.2) is 0 Å². The fraction of sp³-hybridized carbons (Fsp3) is 0.545. The number of carbonyl (C=O) groups is 3. The lowest BCUT2D eigenvalue weighted by Crippen LogP contribution is -2.52. The van der Waals surface area contributed by atoms with E-state index in [1.54, 1.807) is 4.90 Å². The second-order valence-electron chi connectivity index (χ2n) is 8.51. The number of anilines is 1. The van der Waals surface area contributed by atoms with Crippen LogP contribution < -0.4 is 5.32 Å². The highest BCUT2D eigenvalue weighted by atomic mass is 16.2. The minimum absolute atomic E-state index is 0.0191. The number of hydrogen-bond acceptors (Lipinski definition) is 5. The minimum Gasteiger partial charge on any atom is -0.333 e. The standard InChI is InChI=1S/C22H27N5O3/c1-15(21(29)26-7-3-6-18(26)10-23)11-25-13-19-9-20(25)22(30)27(19)12-16-4-2-5-17(8-16)24-14-28/h2,4-5,8,14-15,18-20H,3,6-7,9,11-13H2,1H3,(H,24,28)/t15-,18-,19-,20-/m0/s1. The van der Waals surface area contributed by atoms with Crippen LogP contribution in [0.4, 0.5) is 5.69 Å². The van der Waals surface area contributed by atoms with E-state index in [1.165, 1.54) is 0 Å². The number of nitrogens with one attached hydrogen (secondary N) is 1. The van der Waals surface area contributed by atoms with Crippen molar-refractivity contribution < 1.29 is 14.4 Å². The van der Waals surface area contributed by atoms with Gasteiger partial charge >= 0.3 is 0 Å². The van der Waals surface area contributed by atoms with Crippen molar-refractivity contribution in [2.45, 2.75) is 50.9 Å². The molecule has 8 heteroatoms. The number of nitriles is 1. The molecule has 30 heavy (non-hydrogen) atoms. The second kappa shape index (κ2) is 8.44. The summed E-state index contributed by atoms with van der Waals surface area (Å²) in [6.07, 6.45) is 3.06. The van der Waals surface area contributed by atoms with E-state index in [0.717, 1.165) is 31.4 Å². The van der Waals surface area contributed by atoms with E-state index in [4.69, 9.17) is 0 Å². The summed E-state index contributed by atoms with van der Waals surface area (Å²) in [6.45, 7) is 4.39. The number of fused-ring (bicyclic) bond motifs is 2. The first-order valence-corrected chi connectivity index (χ1v) is 10.6. The van der Waals surface area contributed by atoms with Gasteiger partial charge in [0.1, 0.15) is 6.04 Å². The van der Waals surface area contributed by atoms with Crippen molar-refractivity contribution in [3.63, 3.8) is 0 Å². The highest BCUT2D eigenvalue weighted by Crippen LogP contribution is 2.34. The smallest absolute Gasteiger partial charge is 0.240 e. The van der Waals surface area contributed by atoms with Crippen LogP contribution >= 0.6 is 0 Å². The normalized spacial score (nSPS) is 26.7. The molecule has 0 radical (unpaired) electrons. The van der Waals surface area contributed by atoms with E-state index in [-0.39, 0.29) is 35.9 Å². The number of benzene rings is 1. The molecule has 0 aliphatic carbocycles. The molecule has 158 valence electrons. The van der Waals surface area contributed by atoms with Crippen molar-refractivity contribution in [3.8, 4) is 6.07 Å². The SMILES string of the molecule is C[C@@H](CN1C[C@@H]2C[C@H]1C(=O)N2Cc1cccc(NC=O)c1)C(=O)N1CCC[C@H]1C#N. The molecule has 0 saturated carbocycles. The Kier molecular flexibility index (Phi) is 5.73. The molecule has 1 aromatic rings. The predicted octanol–water partition coefficient (Wildman–Crippen LogP) is 1.19. The molecule has 0 spiro atoms. The molecule has 3 saturated heterocycles. The van der Waals surface area contributed by atoms with Gasteiger partial charge in [-0.15, -0.1) is 0 Å². The van der Waals surface area contributed by atoms with Crippen LogP contribution in [0, 0.1) is 17.2 Å². The molecule has 3 amide bonds. The van der Waals surface area contributed by atoms with Gasteiger partial charge in [0, 0.05) is 43.8 Å². The molecule has 3 aliphatic heterocycles. The molecule has 4 atom stereocenters. The minimum atomic E-state index is -0.309. The lowest BCUT2D eigenvalue weighted by atomic mass is 10.1. The average molecular weight is 409 g/mol. The average Bonchev–Trinajstić information content (AvgIpc) is 3.44. The summed E-state index contributed by atoms with van der Waals surface area (Å²) in [5.74, 6) is -0.105. The van der Waals surface area contributed by atoms with Gasteiger partial charge in [-0.05, 0) is 37.0 Å². The summed E-state index contributed by atoms with van der Waals surface area (Å²) < 4.78 is 0. The Balaban J connectivity index is 1.35. The third-order valence-electron chi connectivity index (χ3n) is 6.51. The molecular weight excluding hydrogens is 382 g/mol. The Morgan fingerprint density at radius 2 is 2.27 bits per heavy atom. The lowest BCUT2D eigenvalue weighted by Gasteiger charge is -2.35. The lowest BCUT2D eigenvalue weighted by molar-refractivity contribution is -0.140. The molecule has 3 aliphatic rings. The number of nitrogens with zero attached hydrogens (tertiary/aromatic N) is 4. The third kappa shape index (κ3) is 3.77. The van der Waals surface area contributed by atoms with E-state index in [9.17, 15) is 19.6 Å². The van der Waals surface area contributed by atoms with Gasteiger partial charge in [-0.1, -0.05) is 19.1 Å². The molecule has 3 heterocycles. The van der Waals surface area contributed by atoms with Crippen molar-refractivity contribution in [2.75, 3.05) is 25.0 Å². The molecule has 3 fully saturated rings. The van der Waals surface area contributed by atoms with Crippen molar-refractivity contribution >= 4 is 23.9 Å². The van der Waals surface area contributed by atoms with Gasteiger partial charge in [0.25, 0.3) is 0 Å². The van der Waals surface area contributed by atoms with Crippen molar-refractivity contribution in [3.05, 3.63) is 29.8 Å². The number of amides is 3. The number of piperazine rings is 1. The van der Waals surface area contributed by atoms with E-state index in [2.05, 4.69) is 16.3 Å². The van der Waals surface area contributed by atoms with Crippen molar-refractivity contribution in [1.29, 1.82) is 5.26 Å². The fourth-order valence-electron chi connectivity index (χ4n) is 5.04. The quantitative estimate of drug-likeness (QED) is 0.683. The number of hydrogen-bond donors (Lipinski definition) is 1. The van der Waals surface area contributed by atoms with Crippen LogP contribution in [-0.4, -0.2) is 70.7 Å². The van der Waals surface area contributed by atoms with Crippen molar-refractivity contribution in [1.82, 2.24) is 14.7 Å². The Labute approximate surface area is 176 Å². The summed E-state index contributed by atoms with van der Waals surface area (Å²) in [5.41, 5.74) is 1.69. The summed E-state index contributed by atoms with van der Waals surface area (Å²) >= 11 is 0. The second-order valence-corrected chi connectivity index (χ2v) is 8.51. The zero-order chi connectivity index (χ0) is 21.3. The van der Waals surface area contributed by atoms with Gasteiger partial charge in [-0.2, -0.15) is 5.26 Å². The zero-order valence-corrected chi connectivity index (χ0v) is 17.2. The number of rotatable bonds is 7. The first kappa shape index (κ1) is 20.4.